The minimum atomic E-state index is -0.439. The van der Waals surface area contributed by atoms with E-state index in [-0.39, 0.29) is 17.3 Å². The summed E-state index contributed by atoms with van der Waals surface area (Å²) in [4.78, 5) is 17.2. The van der Waals surface area contributed by atoms with Crippen molar-refractivity contribution in [1.29, 1.82) is 0 Å². The Morgan fingerprint density at radius 2 is 1.90 bits per heavy atom. The Morgan fingerprint density at radius 1 is 1.10 bits per heavy atom. The van der Waals surface area contributed by atoms with Gasteiger partial charge in [-0.05, 0) is 37.1 Å². The second-order valence-electron chi connectivity index (χ2n) is 7.44. The van der Waals surface area contributed by atoms with E-state index in [0.29, 0.717) is 24.0 Å². The highest BCUT2D eigenvalue weighted by molar-refractivity contribution is 5.99. The molecule has 3 aromatic rings. The van der Waals surface area contributed by atoms with Crippen LogP contribution in [0.5, 0.6) is 5.75 Å². The predicted molar refractivity (Wildman–Crippen MR) is 110 cm³/mol. The number of halogens is 1. The average molecular weight is 396 g/mol. The van der Waals surface area contributed by atoms with Gasteiger partial charge in [-0.1, -0.05) is 24.3 Å². The first-order valence-corrected chi connectivity index (χ1v) is 9.89. The molecule has 0 atom stereocenters. The summed E-state index contributed by atoms with van der Waals surface area (Å²) in [6.07, 6.45) is 0.884. The molecule has 1 fully saturated rings. The van der Waals surface area contributed by atoms with Crippen LogP contribution in [0.4, 0.5) is 4.39 Å². The topological polar surface area (TPSA) is 45.9 Å². The van der Waals surface area contributed by atoms with Crippen LogP contribution in [0.3, 0.4) is 0 Å². The molecule has 152 valence electrons. The van der Waals surface area contributed by atoms with E-state index in [1.807, 2.05) is 24.0 Å². The van der Waals surface area contributed by atoms with Crippen LogP contribution in [0.1, 0.15) is 28.1 Å². The number of rotatable bonds is 4. The first-order chi connectivity index (χ1) is 14.1. The number of ether oxygens (including phenoxy) is 1. The lowest BCUT2D eigenvalue weighted by atomic mass is 10.1. The Kier molecular flexibility index (Phi) is 5.53. The fraction of sp³-hybridized carbons (Fsp3) is 0.348. The molecule has 0 bridgehead atoms. The first-order valence-electron chi connectivity index (χ1n) is 9.89. The number of hydrogen-bond donors (Lipinski definition) is 0. The standard InChI is InChI=1S/C23H25FN2O3/c1-16-19-5-3-6-20(24)22(19)29-21(16)23(27)26-12-4-11-25(13-14-26)15-17-7-9-18(28-2)10-8-17/h3,5-10H,4,11-15H2,1-2H3. The molecule has 1 aliphatic heterocycles. The predicted octanol–water partition coefficient (Wildman–Crippen LogP) is 4.24. The van der Waals surface area contributed by atoms with Crippen LogP contribution in [0.2, 0.25) is 0 Å². The van der Waals surface area contributed by atoms with Crippen molar-refractivity contribution in [2.45, 2.75) is 19.9 Å². The lowest BCUT2D eigenvalue weighted by Crippen LogP contribution is -2.35. The molecular formula is C23H25FN2O3. The van der Waals surface area contributed by atoms with Crippen molar-refractivity contribution in [3.05, 3.63) is 65.2 Å². The number of para-hydroxylation sites is 1. The summed E-state index contributed by atoms with van der Waals surface area (Å²) >= 11 is 0. The number of fused-ring (bicyclic) bond motifs is 1. The zero-order valence-corrected chi connectivity index (χ0v) is 16.8. The van der Waals surface area contributed by atoms with E-state index >= 15 is 0 Å². The van der Waals surface area contributed by atoms with Crippen molar-refractivity contribution in [2.75, 3.05) is 33.3 Å². The Hall–Kier alpha value is -2.86. The van der Waals surface area contributed by atoms with Crippen molar-refractivity contribution in [3.8, 4) is 5.75 Å². The highest BCUT2D eigenvalue weighted by atomic mass is 19.1. The summed E-state index contributed by atoms with van der Waals surface area (Å²) in [7, 11) is 1.66. The number of aryl methyl sites for hydroxylation is 1. The Morgan fingerprint density at radius 3 is 2.62 bits per heavy atom. The van der Waals surface area contributed by atoms with Crippen LogP contribution >= 0.6 is 0 Å². The minimum Gasteiger partial charge on any atom is -0.497 e. The van der Waals surface area contributed by atoms with E-state index in [4.69, 9.17) is 9.15 Å². The van der Waals surface area contributed by atoms with Crippen molar-refractivity contribution >= 4 is 16.9 Å². The molecule has 0 unspecified atom stereocenters. The Balaban J connectivity index is 1.44. The van der Waals surface area contributed by atoms with Crippen LogP contribution in [0.25, 0.3) is 11.0 Å². The third kappa shape index (κ3) is 3.98. The Labute approximate surface area is 169 Å². The number of hydrogen-bond acceptors (Lipinski definition) is 4. The van der Waals surface area contributed by atoms with Gasteiger partial charge in [0.05, 0.1) is 7.11 Å². The highest BCUT2D eigenvalue weighted by Gasteiger charge is 2.26. The SMILES string of the molecule is COc1ccc(CN2CCCN(C(=O)c3oc4c(F)cccc4c3C)CC2)cc1. The molecule has 1 saturated heterocycles. The summed E-state index contributed by atoms with van der Waals surface area (Å²) in [5, 5.41) is 0.657. The average Bonchev–Trinajstić information content (AvgIpc) is 2.92. The fourth-order valence-electron chi connectivity index (χ4n) is 3.88. The maximum atomic E-state index is 14.0. The zero-order valence-electron chi connectivity index (χ0n) is 16.8. The number of amides is 1. The van der Waals surface area contributed by atoms with E-state index in [0.717, 1.165) is 31.8 Å². The van der Waals surface area contributed by atoms with Crippen LogP contribution < -0.4 is 4.74 Å². The third-order valence-electron chi connectivity index (χ3n) is 5.55. The highest BCUT2D eigenvalue weighted by Crippen LogP contribution is 2.28. The van der Waals surface area contributed by atoms with Crippen LogP contribution in [-0.4, -0.2) is 49.0 Å². The van der Waals surface area contributed by atoms with E-state index in [1.54, 1.807) is 19.2 Å². The first kappa shape index (κ1) is 19.5. The molecule has 29 heavy (non-hydrogen) atoms. The Bertz CT molecular complexity index is 1010. The van der Waals surface area contributed by atoms with Crippen LogP contribution in [-0.2, 0) is 6.54 Å². The summed E-state index contributed by atoms with van der Waals surface area (Å²) in [5.74, 6) is 0.489. The summed E-state index contributed by atoms with van der Waals surface area (Å²) < 4.78 is 24.9. The maximum Gasteiger partial charge on any atom is 0.289 e. The summed E-state index contributed by atoms with van der Waals surface area (Å²) in [6.45, 7) is 5.63. The molecule has 0 N–H and O–H groups in total. The number of benzene rings is 2. The van der Waals surface area contributed by atoms with Crippen molar-refractivity contribution < 1.29 is 18.3 Å². The van der Waals surface area contributed by atoms with Gasteiger partial charge in [-0.25, -0.2) is 4.39 Å². The van der Waals surface area contributed by atoms with Gasteiger partial charge >= 0.3 is 0 Å². The smallest absolute Gasteiger partial charge is 0.289 e. The van der Waals surface area contributed by atoms with E-state index in [9.17, 15) is 9.18 Å². The van der Waals surface area contributed by atoms with Gasteiger partial charge in [0.15, 0.2) is 17.2 Å². The van der Waals surface area contributed by atoms with Gasteiger partial charge in [0.1, 0.15) is 5.75 Å². The maximum absolute atomic E-state index is 14.0. The molecule has 0 aliphatic carbocycles. The van der Waals surface area contributed by atoms with Gasteiger partial charge in [-0.3, -0.25) is 9.69 Å². The number of carbonyl (C=O) groups excluding carboxylic acids is 1. The molecule has 1 amide bonds. The molecule has 1 aromatic heterocycles. The normalized spacial score (nSPS) is 15.5. The largest absolute Gasteiger partial charge is 0.497 e. The van der Waals surface area contributed by atoms with E-state index in [1.165, 1.54) is 11.6 Å². The summed E-state index contributed by atoms with van der Waals surface area (Å²) in [6, 6.07) is 12.8. The zero-order chi connectivity index (χ0) is 20.4. The molecule has 0 saturated carbocycles. The number of methoxy groups -OCH3 is 1. The molecule has 4 rings (SSSR count). The van der Waals surface area contributed by atoms with E-state index in [2.05, 4.69) is 17.0 Å². The van der Waals surface area contributed by atoms with Gasteiger partial charge in [0.25, 0.3) is 5.91 Å². The van der Waals surface area contributed by atoms with Gasteiger partial charge in [0, 0.05) is 43.7 Å². The lowest BCUT2D eigenvalue weighted by molar-refractivity contribution is 0.0730. The fourth-order valence-corrected chi connectivity index (χ4v) is 3.88. The van der Waals surface area contributed by atoms with E-state index < -0.39 is 5.82 Å². The van der Waals surface area contributed by atoms with Gasteiger partial charge in [-0.15, -0.1) is 0 Å². The monoisotopic (exact) mass is 396 g/mol. The molecule has 5 nitrogen and oxygen atoms in total. The molecule has 2 aromatic carbocycles. The van der Waals surface area contributed by atoms with Crippen molar-refractivity contribution in [3.63, 3.8) is 0 Å². The van der Waals surface area contributed by atoms with Crippen LogP contribution in [0.15, 0.2) is 46.9 Å². The van der Waals surface area contributed by atoms with Crippen LogP contribution in [0, 0.1) is 12.7 Å². The number of nitrogens with zero attached hydrogens (tertiary/aromatic N) is 2. The lowest BCUT2D eigenvalue weighted by Gasteiger charge is -2.21. The van der Waals surface area contributed by atoms with Gasteiger partial charge in [0.2, 0.25) is 0 Å². The molecule has 2 heterocycles. The quantitative estimate of drug-likeness (QED) is 0.662. The summed E-state index contributed by atoms with van der Waals surface area (Å²) in [5.41, 5.74) is 2.07. The second kappa shape index (κ2) is 8.25. The van der Waals surface area contributed by atoms with Crippen molar-refractivity contribution in [1.82, 2.24) is 9.80 Å². The third-order valence-corrected chi connectivity index (χ3v) is 5.55. The molecule has 1 aliphatic rings. The molecule has 6 heteroatoms. The van der Waals surface area contributed by atoms with Gasteiger partial charge in [-0.2, -0.15) is 0 Å². The second-order valence-corrected chi connectivity index (χ2v) is 7.44. The molecule has 0 radical (unpaired) electrons. The van der Waals surface area contributed by atoms with Gasteiger partial charge < -0.3 is 14.1 Å². The minimum absolute atomic E-state index is 0.157. The molecular weight excluding hydrogens is 371 g/mol. The van der Waals surface area contributed by atoms with Crippen molar-refractivity contribution in [2.24, 2.45) is 0 Å². The number of furan rings is 1. The molecule has 0 spiro atoms. The number of carbonyl (C=O) groups is 1.